The summed E-state index contributed by atoms with van der Waals surface area (Å²) in [5.74, 6) is 1.51. The number of pyridine rings is 1. The number of anilines is 1. The van der Waals surface area contributed by atoms with E-state index in [2.05, 4.69) is 16.7 Å². The number of rotatable bonds is 4. The number of methoxy groups -OCH3 is 2. The molecule has 2 N–H and O–H groups in total. The van der Waals surface area contributed by atoms with Gasteiger partial charge in [-0.1, -0.05) is 0 Å². The van der Waals surface area contributed by atoms with E-state index in [1.165, 1.54) is 42.6 Å². The van der Waals surface area contributed by atoms with Gasteiger partial charge in [0.15, 0.2) is 11.5 Å². The third kappa shape index (κ3) is 2.44. The molecule has 2 atom stereocenters. The number of ether oxygens (including phenoxy) is 2. The van der Waals surface area contributed by atoms with Gasteiger partial charge in [-0.25, -0.2) is 0 Å². The van der Waals surface area contributed by atoms with E-state index in [0.29, 0.717) is 18.1 Å². The summed E-state index contributed by atoms with van der Waals surface area (Å²) in [6.45, 7) is 0. The number of nitrogens with zero attached hydrogens (tertiary/aromatic N) is 1. The van der Waals surface area contributed by atoms with Crippen LogP contribution in [-0.4, -0.2) is 37.3 Å². The van der Waals surface area contributed by atoms with Crippen molar-refractivity contribution < 1.29 is 9.47 Å². The van der Waals surface area contributed by atoms with E-state index in [4.69, 9.17) is 14.5 Å². The van der Waals surface area contributed by atoms with Crippen LogP contribution in [-0.2, 0) is 12.8 Å². The summed E-state index contributed by atoms with van der Waals surface area (Å²) in [5, 5.41) is 8.68. The molecule has 6 rings (SSSR count). The molecule has 1 aromatic heterocycles. The standard InChI is InChI=1S/C20H25N3O2/c1-24-18-9-15-17(10-19(18)25-2)23-16-5-3-4-14(16)20(15)22-13-7-11-6-12(8-13)21-11/h9-13,21H,3-8H2,1-2H3,(H,22,23). The van der Waals surface area contributed by atoms with Crippen LogP contribution in [0.1, 0.15) is 36.9 Å². The number of fused-ring (bicyclic) bond motifs is 4. The van der Waals surface area contributed by atoms with E-state index in [1.807, 2.05) is 6.07 Å². The predicted molar refractivity (Wildman–Crippen MR) is 98.8 cm³/mol. The van der Waals surface area contributed by atoms with Gasteiger partial charge >= 0.3 is 0 Å². The molecule has 1 saturated carbocycles. The molecule has 3 fully saturated rings. The summed E-state index contributed by atoms with van der Waals surface area (Å²) < 4.78 is 11.0. The molecule has 1 aromatic carbocycles. The molecule has 2 unspecified atom stereocenters. The first kappa shape index (κ1) is 15.3. The van der Waals surface area contributed by atoms with Crippen molar-refractivity contribution in [1.29, 1.82) is 0 Å². The lowest BCUT2D eigenvalue weighted by Gasteiger charge is -2.47. The Kier molecular flexibility index (Phi) is 3.52. The third-order valence-corrected chi connectivity index (χ3v) is 6.04. The monoisotopic (exact) mass is 339 g/mol. The maximum absolute atomic E-state index is 5.54. The highest BCUT2D eigenvalue weighted by molar-refractivity contribution is 5.96. The number of benzene rings is 1. The molecule has 0 spiro atoms. The summed E-state index contributed by atoms with van der Waals surface area (Å²) in [7, 11) is 3.37. The van der Waals surface area contributed by atoms with Gasteiger partial charge in [0.25, 0.3) is 0 Å². The quantitative estimate of drug-likeness (QED) is 0.897. The normalized spacial score (nSPS) is 26.9. The van der Waals surface area contributed by atoms with Crippen LogP contribution in [0.3, 0.4) is 0 Å². The summed E-state index contributed by atoms with van der Waals surface area (Å²) in [4.78, 5) is 4.93. The Bertz CT molecular complexity index is 820. The van der Waals surface area contributed by atoms with E-state index >= 15 is 0 Å². The Labute approximate surface area is 148 Å². The average molecular weight is 339 g/mol. The van der Waals surface area contributed by atoms with Crippen LogP contribution in [0, 0.1) is 0 Å². The van der Waals surface area contributed by atoms with E-state index in [9.17, 15) is 0 Å². The Morgan fingerprint density at radius 3 is 2.48 bits per heavy atom. The molecule has 2 bridgehead atoms. The van der Waals surface area contributed by atoms with Gasteiger partial charge in [-0.2, -0.15) is 0 Å². The Balaban J connectivity index is 1.61. The lowest BCUT2D eigenvalue weighted by atomic mass is 9.79. The highest BCUT2D eigenvalue weighted by Gasteiger charge is 2.38. The lowest BCUT2D eigenvalue weighted by Crippen LogP contribution is -2.60. The number of nitrogens with one attached hydrogen (secondary N) is 2. The van der Waals surface area contributed by atoms with E-state index in [-0.39, 0.29) is 0 Å². The van der Waals surface area contributed by atoms with Crippen LogP contribution in [0.2, 0.25) is 0 Å². The minimum Gasteiger partial charge on any atom is -0.493 e. The molecule has 2 aliphatic carbocycles. The number of aromatic nitrogens is 1. The van der Waals surface area contributed by atoms with Gasteiger partial charge in [0.2, 0.25) is 0 Å². The number of piperidine rings is 1. The van der Waals surface area contributed by atoms with Gasteiger partial charge < -0.3 is 20.1 Å². The molecule has 3 heterocycles. The van der Waals surface area contributed by atoms with Crippen molar-refractivity contribution in [2.24, 2.45) is 0 Å². The Morgan fingerprint density at radius 1 is 1.04 bits per heavy atom. The van der Waals surface area contributed by atoms with Crippen LogP contribution in [0.15, 0.2) is 12.1 Å². The largest absolute Gasteiger partial charge is 0.493 e. The maximum Gasteiger partial charge on any atom is 0.162 e. The van der Waals surface area contributed by atoms with Crippen molar-refractivity contribution in [1.82, 2.24) is 10.3 Å². The zero-order chi connectivity index (χ0) is 17.0. The van der Waals surface area contributed by atoms with E-state index in [1.54, 1.807) is 14.2 Å². The molecular weight excluding hydrogens is 314 g/mol. The van der Waals surface area contributed by atoms with Gasteiger partial charge in [0, 0.05) is 41.0 Å². The van der Waals surface area contributed by atoms with Gasteiger partial charge in [-0.05, 0) is 50.2 Å². The Morgan fingerprint density at radius 2 is 1.76 bits per heavy atom. The summed E-state index contributed by atoms with van der Waals surface area (Å²) >= 11 is 0. The SMILES string of the molecule is COc1cc2nc3c(c(NC4CC5CC(C4)N5)c2cc1OC)CCC3. The molecule has 0 amide bonds. The zero-order valence-electron chi connectivity index (χ0n) is 14.9. The molecule has 132 valence electrons. The Hall–Kier alpha value is -2.01. The second kappa shape index (κ2) is 5.77. The molecule has 25 heavy (non-hydrogen) atoms. The minimum absolute atomic E-state index is 0.549. The number of hydrogen-bond acceptors (Lipinski definition) is 5. The first-order valence-corrected chi connectivity index (χ1v) is 9.35. The van der Waals surface area contributed by atoms with Crippen LogP contribution in [0.4, 0.5) is 5.69 Å². The summed E-state index contributed by atoms with van der Waals surface area (Å²) in [5.41, 5.74) is 4.94. The molecule has 4 aliphatic rings. The molecule has 2 aromatic rings. The smallest absolute Gasteiger partial charge is 0.162 e. The lowest BCUT2D eigenvalue weighted by molar-refractivity contribution is 0.170. The number of aryl methyl sites for hydroxylation is 1. The highest BCUT2D eigenvalue weighted by atomic mass is 16.5. The summed E-state index contributed by atoms with van der Waals surface area (Å²) in [6.07, 6.45) is 7.15. The fourth-order valence-electron chi connectivity index (χ4n) is 4.84. The third-order valence-electron chi connectivity index (χ3n) is 6.04. The van der Waals surface area contributed by atoms with E-state index in [0.717, 1.165) is 35.2 Å². The van der Waals surface area contributed by atoms with Crippen molar-refractivity contribution >= 4 is 16.6 Å². The average Bonchev–Trinajstić information content (AvgIpc) is 3.08. The fraction of sp³-hybridized carbons (Fsp3) is 0.550. The minimum atomic E-state index is 0.549. The first-order valence-electron chi connectivity index (χ1n) is 9.35. The van der Waals surface area contributed by atoms with Crippen LogP contribution in [0.25, 0.3) is 10.9 Å². The second-order valence-electron chi connectivity index (χ2n) is 7.60. The van der Waals surface area contributed by atoms with Gasteiger partial charge in [0.1, 0.15) is 0 Å². The zero-order valence-corrected chi connectivity index (χ0v) is 14.9. The number of hydrogen-bond donors (Lipinski definition) is 2. The molecule has 5 heteroatoms. The summed E-state index contributed by atoms with van der Waals surface area (Å²) in [6, 6.07) is 6.05. The van der Waals surface area contributed by atoms with Crippen molar-refractivity contribution in [3.8, 4) is 11.5 Å². The van der Waals surface area contributed by atoms with Crippen molar-refractivity contribution in [2.45, 2.75) is 56.7 Å². The van der Waals surface area contributed by atoms with Gasteiger partial charge in [0.05, 0.1) is 19.7 Å². The second-order valence-corrected chi connectivity index (χ2v) is 7.60. The predicted octanol–water partition coefficient (Wildman–Crippen LogP) is 3.05. The van der Waals surface area contributed by atoms with E-state index < -0.39 is 0 Å². The molecular formula is C20H25N3O2. The molecule has 0 radical (unpaired) electrons. The molecule has 5 nitrogen and oxygen atoms in total. The van der Waals surface area contributed by atoms with Crippen LogP contribution in [0.5, 0.6) is 11.5 Å². The maximum atomic E-state index is 5.54. The van der Waals surface area contributed by atoms with Crippen LogP contribution < -0.4 is 20.1 Å². The molecule has 2 aliphatic heterocycles. The van der Waals surface area contributed by atoms with Crippen molar-refractivity contribution in [3.05, 3.63) is 23.4 Å². The highest BCUT2D eigenvalue weighted by Crippen LogP contribution is 2.41. The topological polar surface area (TPSA) is 55.4 Å². The van der Waals surface area contributed by atoms with Gasteiger partial charge in [-0.15, -0.1) is 0 Å². The van der Waals surface area contributed by atoms with Crippen molar-refractivity contribution in [2.75, 3.05) is 19.5 Å². The van der Waals surface area contributed by atoms with Crippen LogP contribution >= 0.6 is 0 Å². The van der Waals surface area contributed by atoms with Crippen molar-refractivity contribution in [3.63, 3.8) is 0 Å². The molecule has 2 saturated heterocycles. The first-order chi connectivity index (χ1) is 12.2. The van der Waals surface area contributed by atoms with Gasteiger partial charge in [-0.3, -0.25) is 4.98 Å². The fourth-order valence-corrected chi connectivity index (χ4v) is 4.84.